The molecule has 0 heterocycles. The fraction of sp³-hybridized carbons (Fsp3) is 0.500. The summed E-state index contributed by atoms with van der Waals surface area (Å²) in [5.74, 6) is 2.63. The van der Waals surface area contributed by atoms with Gasteiger partial charge in [0.2, 0.25) is 0 Å². The largest absolute Gasteiger partial charge is 0.389 e. The Bertz CT molecular complexity index is 394. The minimum absolute atomic E-state index is 0.353. The molecule has 0 radical (unpaired) electrons. The minimum Gasteiger partial charge on any atom is -0.389 e. The number of hydrogen-bond donors (Lipinski definition) is 1. The van der Waals surface area contributed by atoms with E-state index in [9.17, 15) is 5.11 Å². The molecule has 1 aromatic rings. The van der Waals surface area contributed by atoms with Crippen molar-refractivity contribution in [1.29, 1.82) is 0 Å². The molecule has 3 heteroatoms. The van der Waals surface area contributed by atoms with Crippen LogP contribution >= 0.6 is 0 Å². The van der Waals surface area contributed by atoms with Crippen molar-refractivity contribution in [2.75, 3.05) is 26.3 Å². The number of terminal acetylenes is 1. The van der Waals surface area contributed by atoms with Gasteiger partial charge in [-0.2, -0.15) is 0 Å². The van der Waals surface area contributed by atoms with Crippen LogP contribution in [0.25, 0.3) is 0 Å². The zero-order valence-electron chi connectivity index (χ0n) is 11.8. The molecule has 1 unspecified atom stereocenters. The molecule has 104 valence electrons. The highest BCUT2D eigenvalue weighted by atomic mass is 16.5. The average molecular weight is 261 g/mol. The smallest absolute Gasteiger partial charge is 0.0900 e. The first-order valence-corrected chi connectivity index (χ1v) is 6.62. The Balaban J connectivity index is 2.52. The van der Waals surface area contributed by atoms with E-state index < -0.39 is 6.10 Å². The molecule has 1 N–H and O–H groups in total. The van der Waals surface area contributed by atoms with Crippen molar-refractivity contribution in [3.63, 3.8) is 0 Å². The predicted octanol–water partition coefficient (Wildman–Crippen LogP) is 1.83. The second-order valence-corrected chi connectivity index (χ2v) is 4.67. The molecule has 0 spiro atoms. The van der Waals surface area contributed by atoms with Crippen LogP contribution in [0.2, 0.25) is 0 Å². The summed E-state index contributed by atoms with van der Waals surface area (Å²) in [6.45, 7) is 6.74. The summed E-state index contributed by atoms with van der Waals surface area (Å²) < 4.78 is 5.21. The van der Waals surface area contributed by atoms with Crippen molar-refractivity contribution in [3.05, 3.63) is 35.4 Å². The van der Waals surface area contributed by atoms with Crippen molar-refractivity contribution < 1.29 is 9.84 Å². The van der Waals surface area contributed by atoms with Crippen LogP contribution in [0.1, 0.15) is 18.1 Å². The van der Waals surface area contributed by atoms with Gasteiger partial charge in [0.15, 0.2) is 0 Å². The molecular weight excluding hydrogens is 238 g/mol. The molecule has 0 aliphatic heterocycles. The molecular formula is C16H23NO2. The van der Waals surface area contributed by atoms with Gasteiger partial charge in [-0.3, -0.25) is 4.90 Å². The van der Waals surface area contributed by atoms with Gasteiger partial charge in [-0.1, -0.05) is 35.7 Å². The first-order chi connectivity index (χ1) is 9.15. The molecule has 1 rings (SSSR count). The summed E-state index contributed by atoms with van der Waals surface area (Å²) in [5, 5.41) is 9.86. The Kier molecular flexibility index (Phi) is 7.20. The van der Waals surface area contributed by atoms with E-state index >= 15 is 0 Å². The third kappa shape index (κ3) is 6.40. The molecule has 3 nitrogen and oxygen atoms in total. The molecule has 0 saturated carbocycles. The molecule has 0 amide bonds. The monoisotopic (exact) mass is 261 g/mol. The second-order valence-electron chi connectivity index (χ2n) is 4.67. The van der Waals surface area contributed by atoms with Crippen LogP contribution < -0.4 is 0 Å². The number of hydrogen-bond acceptors (Lipinski definition) is 3. The van der Waals surface area contributed by atoms with Crippen molar-refractivity contribution in [1.82, 2.24) is 4.90 Å². The van der Waals surface area contributed by atoms with Crippen molar-refractivity contribution in [2.24, 2.45) is 0 Å². The molecule has 0 aromatic heterocycles. The maximum atomic E-state index is 9.86. The second kappa shape index (κ2) is 8.71. The summed E-state index contributed by atoms with van der Waals surface area (Å²) in [6, 6.07) is 8.35. The van der Waals surface area contributed by atoms with Crippen LogP contribution in [0.5, 0.6) is 0 Å². The first-order valence-electron chi connectivity index (χ1n) is 6.62. The van der Waals surface area contributed by atoms with Gasteiger partial charge in [-0.25, -0.2) is 0 Å². The van der Waals surface area contributed by atoms with E-state index in [0.29, 0.717) is 26.3 Å². The van der Waals surface area contributed by atoms with Gasteiger partial charge in [-0.15, -0.1) is 6.42 Å². The van der Waals surface area contributed by atoms with Crippen LogP contribution in [0.4, 0.5) is 0 Å². The fourth-order valence-electron chi connectivity index (χ4n) is 1.87. The lowest BCUT2D eigenvalue weighted by Crippen LogP contribution is -2.34. The van der Waals surface area contributed by atoms with Crippen LogP contribution in [0, 0.1) is 19.3 Å². The maximum absolute atomic E-state index is 9.86. The molecule has 19 heavy (non-hydrogen) atoms. The van der Waals surface area contributed by atoms with Crippen molar-refractivity contribution in [2.45, 2.75) is 26.5 Å². The zero-order chi connectivity index (χ0) is 14.1. The van der Waals surface area contributed by atoms with Gasteiger partial charge in [0, 0.05) is 19.7 Å². The minimum atomic E-state index is -0.501. The average Bonchev–Trinajstić information content (AvgIpc) is 2.39. The third-order valence-corrected chi connectivity index (χ3v) is 2.82. The third-order valence-electron chi connectivity index (χ3n) is 2.82. The van der Waals surface area contributed by atoms with E-state index in [1.54, 1.807) is 0 Å². The summed E-state index contributed by atoms with van der Waals surface area (Å²) in [6.07, 6.45) is 4.88. The molecule has 1 aromatic carbocycles. The molecule has 0 saturated heterocycles. The van der Waals surface area contributed by atoms with Crippen LogP contribution in [-0.4, -0.2) is 42.4 Å². The number of nitrogens with zero attached hydrogens (tertiary/aromatic N) is 1. The Morgan fingerprint density at radius 3 is 2.63 bits per heavy atom. The topological polar surface area (TPSA) is 32.7 Å². The van der Waals surface area contributed by atoms with E-state index in [1.807, 2.05) is 11.8 Å². The van der Waals surface area contributed by atoms with E-state index in [2.05, 4.69) is 37.1 Å². The van der Waals surface area contributed by atoms with Gasteiger partial charge >= 0.3 is 0 Å². The van der Waals surface area contributed by atoms with E-state index in [-0.39, 0.29) is 0 Å². The first kappa shape index (κ1) is 15.7. The number of aryl methyl sites for hydroxylation is 1. The number of ether oxygens (including phenoxy) is 1. The Hall–Kier alpha value is -1.34. The molecule has 0 fully saturated rings. The fourth-order valence-corrected chi connectivity index (χ4v) is 1.87. The molecule has 0 aliphatic carbocycles. The highest BCUT2D eigenvalue weighted by molar-refractivity contribution is 5.21. The van der Waals surface area contributed by atoms with E-state index in [4.69, 9.17) is 11.2 Å². The molecule has 1 atom stereocenters. The Morgan fingerprint density at radius 1 is 1.37 bits per heavy atom. The Morgan fingerprint density at radius 2 is 2.05 bits per heavy atom. The number of aliphatic hydroxyl groups excluding tert-OH is 1. The SMILES string of the molecule is C#CCN(Cc1ccc(C)cc1)CC(O)COCC. The van der Waals surface area contributed by atoms with Crippen molar-refractivity contribution >= 4 is 0 Å². The number of aliphatic hydroxyl groups is 1. The Labute approximate surface area is 116 Å². The van der Waals surface area contributed by atoms with E-state index in [0.717, 1.165) is 6.54 Å². The highest BCUT2D eigenvalue weighted by Crippen LogP contribution is 2.07. The van der Waals surface area contributed by atoms with Crippen LogP contribution in [-0.2, 0) is 11.3 Å². The number of benzene rings is 1. The van der Waals surface area contributed by atoms with Crippen molar-refractivity contribution in [3.8, 4) is 12.3 Å². The van der Waals surface area contributed by atoms with Crippen LogP contribution in [0.15, 0.2) is 24.3 Å². The lowest BCUT2D eigenvalue weighted by Gasteiger charge is -2.23. The lowest BCUT2D eigenvalue weighted by atomic mass is 10.1. The quantitative estimate of drug-likeness (QED) is 0.725. The number of rotatable bonds is 8. The molecule has 0 bridgehead atoms. The van der Waals surface area contributed by atoms with Gasteiger partial charge in [-0.05, 0) is 19.4 Å². The lowest BCUT2D eigenvalue weighted by molar-refractivity contribution is 0.0221. The summed E-state index contributed by atoms with van der Waals surface area (Å²) >= 11 is 0. The maximum Gasteiger partial charge on any atom is 0.0900 e. The van der Waals surface area contributed by atoms with Gasteiger partial charge in [0.05, 0.1) is 19.3 Å². The highest BCUT2D eigenvalue weighted by Gasteiger charge is 2.11. The van der Waals surface area contributed by atoms with E-state index in [1.165, 1.54) is 11.1 Å². The van der Waals surface area contributed by atoms with Gasteiger partial charge < -0.3 is 9.84 Å². The summed E-state index contributed by atoms with van der Waals surface area (Å²) in [7, 11) is 0. The normalized spacial score (nSPS) is 12.4. The molecule has 0 aliphatic rings. The summed E-state index contributed by atoms with van der Waals surface area (Å²) in [4.78, 5) is 2.05. The van der Waals surface area contributed by atoms with Gasteiger partial charge in [0.25, 0.3) is 0 Å². The summed E-state index contributed by atoms with van der Waals surface area (Å²) in [5.41, 5.74) is 2.44. The van der Waals surface area contributed by atoms with Gasteiger partial charge in [0.1, 0.15) is 0 Å². The predicted molar refractivity (Wildman–Crippen MR) is 77.8 cm³/mol. The zero-order valence-corrected chi connectivity index (χ0v) is 11.8. The standard InChI is InChI=1S/C16H23NO2/c1-4-10-17(12-16(18)13-19-5-2)11-15-8-6-14(3)7-9-15/h1,6-9,16,18H,5,10-13H2,2-3H3. The van der Waals surface area contributed by atoms with Crippen LogP contribution in [0.3, 0.4) is 0 Å².